The molecule has 0 aliphatic rings. The minimum atomic E-state index is -3.43. The second-order valence-corrected chi connectivity index (χ2v) is 6.35. The van der Waals surface area contributed by atoms with Crippen LogP contribution in [0.4, 0.5) is 5.69 Å². The van der Waals surface area contributed by atoms with Crippen LogP contribution >= 0.6 is 11.6 Å². The molecule has 1 rings (SSSR count). The molecule has 0 aliphatic carbocycles. The third-order valence-electron chi connectivity index (χ3n) is 1.94. The summed E-state index contributed by atoms with van der Waals surface area (Å²) >= 11 is 5.85. The predicted molar refractivity (Wildman–Crippen MR) is 72.5 cm³/mol. The molecule has 0 spiro atoms. The first-order valence-corrected chi connectivity index (χ1v) is 7.54. The van der Waals surface area contributed by atoms with Gasteiger partial charge in [-0.3, -0.25) is 9.52 Å². The van der Waals surface area contributed by atoms with E-state index in [2.05, 4.69) is 10.0 Å². The highest BCUT2D eigenvalue weighted by atomic mass is 35.5. The Labute approximate surface area is 112 Å². The van der Waals surface area contributed by atoms with Gasteiger partial charge in [0.2, 0.25) is 10.0 Å². The molecule has 0 saturated carbocycles. The summed E-state index contributed by atoms with van der Waals surface area (Å²) in [4.78, 5) is 11.8. The fourth-order valence-corrected chi connectivity index (χ4v) is 2.08. The summed E-state index contributed by atoms with van der Waals surface area (Å²) in [5.41, 5.74) is 0.537. The first-order chi connectivity index (χ1) is 8.19. The predicted octanol–water partition coefficient (Wildman–Crippen LogP) is 1.85. The number of halogens is 1. The number of benzene rings is 1. The molecule has 2 N–H and O–H groups in total. The van der Waals surface area contributed by atoms with Crippen LogP contribution in [0.3, 0.4) is 0 Å². The van der Waals surface area contributed by atoms with Crippen LogP contribution in [0.5, 0.6) is 0 Å². The van der Waals surface area contributed by atoms with Crippen molar-refractivity contribution in [1.29, 1.82) is 0 Å². The van der Waals surface area contributed by atoms with Crippen LogP contribution in [-0.2, 0) is 10.0 Å². The van der Waals surface area contributed by atoms with E-state index >= 15 is 0 Å². The van der Waals surface area contributed by atoms with E-state index in [1.807, 2.05) is 13.8 Å². The molecule has 1 aromatic rings. The summed E-state index contributed by atoms with van der Waals surface area (Å²) in [6.07, 6.45) is 1.02. The molecule has 0 aliphatic heterocycles. The molecular formula is C11H15ClN2O3S. The molecule has 0 aromatic heterocycles. The van der Waals surface area contributed by atoms with E-state index in [1.54, 1.807) is 0 Å². The zero-order chi connectivity index (χ0) is 13.9. The molecular weight excluding hydrogens is 276 g/mol. The van der Waals surface area contributed by atoms with Gasteiger partial charge in [-0.2, -0.15) is 0 Å². The average Bonchev–Trinajstić information content (AvgIpc) is 2.18. The zero-order valence-corrected chi connectivity index (χ0v) is 11.9. The van der Waals surface area contributed by atoms with Crippen LogP contribution in [0.1, 0.15) is 24.2 Å². The normalized spacial score (nSPS) is 11.4. The third-order valence-corrected chi connectivity index (χ3v) is 2.86. The highest BCUT2D eigenvalue weighted by Crippen LogP contribution is 2.23. The molecule has 100 valence electrons. The van der Waals surface area contributed by atoms with Crippen molar-refractivity contribution in [2.75, 3.05) is 11.0 Å². The number of sulfonamides is 1. The van der Waals surface area contributed by atoms with Crippen LogP contribution in [0, 0.1) is 0 Å². The molecule has 0 heterocycles. The Kier molecular flexibility index (Phi) is 4.59. The molecule has 0 bridgehead atoms. The molecule has 0 radical (unpaired) electrons. The Balaban J connectivity index is 3.04. The highest BCUT2D eigenvalue weighted by Gasteiger charge is 2.12. The standard InChI is InChI=1S/C11H15ClN2O3S/c1-7(2)13-11(15)8-4-5-9(12)10(6-8)14-18(3,16)17/h4-7,14H,1-3H3,(H,13,15). The van der Waals surface area contributed by atoms with E-state index in [4.69, 9.17) is 11.6 Å². The number of hydrogen-bond donors (Lipinski definition) is 2. The van der Waals surface area contributed by atoms with Gasteiger partial charge in [-0.15, -0.1) is 0 Å². The van der Waals surface area contributed by atoms with Gasteiger partial charge in [-0.25, -0.2) is 8.42 Å². The van der Waals surface area contributed by atoms with Gasteiger partial charge in [0.1, 0.15) is 0 Å². The molecule has 18 heavy (non-hydrogen) atoms. The van der Waals surface area contributed by atoms with Crippen molar-refractivity contribution in [2.24, 2.45) is 0 Å². The highest BCUT2D eigenvalue weighted by molar-refractivity contribution is 7.92. The van der Waals surface area contributed by atoms with Gasteiger partial charge in [0.25, 0.3) is 5.91 Å². The lowest BCUT2D eigenvalue weighted by Gasteiger charge is -2.11. The first kappa shape index (κ1) is 14.8. The number of nitrogens with one attached hydrogen (secondary N) is 2. The summed E-state index contributed by atoms with van der Waals surface area (Å²) in [5.74, 6) is -0.279. The maximum atomic E-state index is 11.8. The minimum Gasteiger partial charge on any atom is -0.350 e. The molecule has 0 fully saturated rings. The fraction of sp³-hybridized carbons (Fsp3) is 0.364. The summed E-state index contributed by atoms with van der Waals surface area (Å²) in [6.45, 7) is 3.67. The molecule has 0 saturated heterocycles. The number of carbonyl (C=O) groups is 1. The minimum absolute atomic E-state index is 0.000468. The van der Waals surface area contributed by atoms with Gasteiger partial charge >= 0.3 is 0 Å². The Hall–Kier alpha value is -1.27. The fourth-order valence-electron chi connectivity index (χ4n) is 1.29. The second-order valence-electron chi connectivity index (χ2n) is 4.20. The van der Waals surface area contributed by atoms with E-state index in [0.29, 0.717) is 5.56 Å². The van der Waals surface area contributed by atoms with Crippen molar-refractivity contribution in [1.82, 2.24) is 5.32 Å². The summed E-state index contributed by atoms with van der Waals surface area (Å²) in [6, 6.07) is 4.42. The van der Waals surface area contributed by atoms with E-state index in [9.17, 15) is 13.2 Å². The summed E-state index contributed by atoms with van der Waals surface area (Å²) < 4.78 is 24.5. The number of hydrogen-bond acceptors (Lipinski definition) is 3. The lowest BCUT2D eigenvalue weighted by molar-refractivity contribution is 0.0943. The smallest absolute Gasteiger partial charge is 0.251 e. The lowest BCUT2D eigenvalue weighted by Crippen LogP contribution is -2.30. The summed E-state index contributed by atoms with van der Waals surface area (Å²) in [7, 11) is -3.43. The van der Waals surface area contributed by atoms with Crippen LogP contribution in [-0.4, -0.2) is 26.6 Å². The first-order valence-electron chi connectivity index (χ1n) is 5.27. The monoisotopic (exact) mass is 290 g/mol. The average molecular weight is 291 g/mol. The third kappa shape index (κ3) is 4.54. The van der Waals surface area contributed by atoms with Crippen LogP contribution < -0.4 is 10.0 Å². The summed E-state index contributed by atoms with van der Waals surface area (Å²) in [5, 5.41) is 2.95. The van der Waals surface area contributed by atoms with Crippen LogP contribution in [0.15, 0.2) is 18.2 Å². The zero-order valence-electron chi connectivity index (χ0n) is 10.3. The molecule has 1 aromatic carbocycles. The van der Waals surface area contributed by atoms with E-state index in [0.717, 1.165) is 6.26 Å². The van der Waals surface area contributed by atoms with Crippen molar-refractivity contribution in [3.8, 4) is 0 Å². The van der Waals surface area contributed by atoms with Crippen molar-refractivity contribution in [3.63, 3.8) is 0 Å². The lowest BCUT2D eigenvalue weighted by atomic mass is 10.2. The van der Waals surface area contributed by atoms with Crippen LogP contribution in [0.25, 0.3) is 0 Å². The van der Waals surface area contributed by atoms with Gasteiger partial charge in [0.15, 0.2) is 0 Å². The molecule has 5 nitrogen and oxygen atoms in total. The SMILES string of the molecule is CC(C)NC(=O)c1ccc(Cl)c(NS(C)(=O)=O)c1. The Morgan fingerprint density at radius 3 is 2.44 bits per heavy atom. The van der Waals surface area contributed by atoms with Crippen molar-refractivity contribution >= 4 is 33.2 Å². The number of rotatable bonds is 4. The van der Waals surface area contributed by atoms with Gasteiger partial charge in [0.05, 0.1) is 17.0 Å². The second kappa shape index (κ2) is 5.58. The van der Waals surface area contributed by atoms with Crippen LogP contribution in [0.2, 0.25) is 5.02 Å². The van der Waals surface area contributed by atoms with E-state index in [-0.39, 0.29) is 22.7 Å². The van der Waals surface area contributed by atoms with E-state index in [1.165, 1.54) is 18.2 Å². The number of anilines is 1. The van der Waals surface area contributed by atoms with Gasteiger partial charge in [-0.05, 0) is 32.0 Å². The number of amides is 1. The topological polar surface area (TPSA) is 75.3 Å². The van der Waals surface area contributed by atoms with Crippen molar-refractivity contribution < 1.29 is 13.2 Å². The van der Waals surface area contributed by atoms with Crippen molar-refractivity contribution in [2.45, 2.75) is 19.9 Å². The quantitative estimate of drug-likeness (QED) is 0.888. The number of carbonyl (C=O) groups excluding carboxylic acids is 1. The van der Waals surface area contributed by atoms with E-state index < -0.39 is 10.0 Å². The Morgan fingerprint density at radius 2 is 1.94 bits per heavy atom. The van der Waals surface area contributed by atoms with Gasteiger partial charge in [0, 0.05) is 11.6 Å². The Morgan fingerprint density at radius 1 is 1.33 bits per heavy atom. The molecule has 0 unspecified atom stereocenters. The maximum absolute atomic E-state index is 11.8. The molecule has 7 heteroatoms. The van der Waals surface area contributed by atoms with Gasteiger partial charge < -0.3 is 5.32 Å². The van der Waals surface area contributed by atoms with Crippen molar-refractivity contribution in [3.05, 3.63) is 28.8 Å². The molecule has 0 atom stereocenters. The van der Waals surface area contributed by atoms with Gasteiger partial charge in [-0.1, -0.05) is 11.6 Å². The Bertz CT molecular complexity index is 555. The largest absolute Gasteiger partial charge is 0.350 e. The maximum Gasteiger partial charge on any atom is 0.251 e. The molecule has 1 amide bonds.